The van der Waals surface area contributed by atoms with Crippen LogP contribution in [0, 0.1) is 11.6 Å². The van der Waals surface area contributed by atoms with Crippen LogP contribution in [0.15, 0.2) is 66.7 Å². The predicted molar refractivity (Wildman–Crippen MR) is 195 cm³/mol. The van der Waals surface area contributed by atoms with Crippen molar-refractivity contribution in [1.82, 2.24) is 9.80 Å². The van der Waals surface area contributed by atoms with Crippen LogP contribution in [0.2, 0.25) is 0 Å². The minimum atomic E-state index is -0.495. The van der Waals surface area contributed by atoms with Gasteiger partial charge < -0.3 is 29.7 Å². The van der Waals surface area contributed by atoms with E-state index in [2.05, 4.69) is 45.9 Å². The molecule has 4 aliphatic heterocycles. The van der Waals surface area contributed by atoms with Gasteiger partial charge in [-0.05, 0) is 63.4 Å². The molecule has 8 nitrogen and oxygen atoms in total. The maximum atomic E-state index is 14.0. The number of anilines is 2. The summed E-state index contributed by atoms with van der Waals surface area (Å²) in [5.41, 5.74) is 1.28. The van der Waals surface area contributed by atoms with Gasteiger partial charge in [0.2, 0.25) is 0 Å². The van der Waals surface area contributed by atoms with Crippen molar-refractivity contribution in [2.45, 2.75) is 96.5 Å². The monoisotopic (exact) mass is 692 g/mol. The minimum Gasteiger partial charge on any atom is -0.485 e. The van der Waals surface area contributed by atoms with Crippen LogP contribution >= 0.6 is 0 Å². The normalized spacial score (nSPS) is 19.1. The Morgan fingerprint density at radius 1 is 0.720 bits per heavy atom. The van der Waals surface area contributed by atoms with Crippen molar-refractivity contribution in [3.8, 4) is 11.5 Å². The second-order valence-corrected chi connectivity index (χ2v) is 14.4. The molecule has 2 fully saturated rings. The molecule has 1 amide bonds. The molecule has 3 aromatic carbocycles. The fraction of sp³-hybridized carbons (Fsp3) is 0.525. The molecular weight excluding hydrogens is 638 g/mol. The fourth-order valence-corrected chi connectivity index (χ4v) is 7.01. The SMILES string of the molecule is CC.CC(C)(C)OC(=O)N1CCC2(CCNc3c(F)cccc3O2)CC1.Fc1cccc2c1NCCC1(CCN(Cc3ccccc3)CC1)O2. The number of carbonyl (C=O) groups excluding carboxylic acids is 1. The van der Waals surface area contributed by atoms with E-state index in [0.717, 1.165) is 51.9 Å². The number of halogens is 2. The lowest BCUT2D eigenvalue weighted by Crippen LogP contribution is -2.51. The van der Waals surface area contributed by atoms with E-state index in [1.54, 1.807) is 23.1 Å². The van der Waals surface area contributed by atoms with E-state index in [1.807, 2.05) is 40.7 Å². The molecule has 272 valence electrons. The highest BCUT2D eigenvalue weighted by Crippen LogP contribution is 2.40. The maximum Gasteiger partial charge on any atom is 0.410 e. The molecule has 2 saturated heterocycles. The lowest BCUT2D eigenvalue weighted by molar-refractivity contribution is -0.0184. The number of ether oxygens (including phenoxy) is 3. The first-order valence-corrected chi connectivity index (χ1v) is 18.2. The number of carbonyl (C=O) groups is 1. The molecular formula is C40H54F2N4O4. The zero-order chi connectivity index (χ0) is 35.8. The molecule has 10 heteroatoms. The molecule has 0 unspecified atom stereocenters. The van der Waals surface area contributed by atoms with Crippen molar-refractivity contribution in [3.63, 3.8) is 0 Å². The highest BCUT2D eigenvalue weighted by atomic mass is 19.1. The minimum absolute atomic E-state index is 0.167. The Labute approximate surface area is 296 Å². The lowest BCUT2D eigenvalue weighted by atomic mass is 9.87. The summed E-state index contributed by atoms with van der Waals surface area (Å²) >= 11 is 0. The van der Waals surface area contributed by atoms with Crippen molar-refractivity contribution < 1.29 is 27.8 Å². The van der Waals surface area contributed by atoms with Gasteiger partial charge >= 0.3 is 6.09 Å². The first-order valence-electron chi connectivity index (χ1n) is 18.2. The molecule has 0 bridgehead atoms. The first kappa shape index (κ1) is 37.2. The smallest absolute Gasteiger partial charge is 0.410 e. The molecule has 7 rings (SSSR count). The summed E-state index contributed by atoms with van der Waals surface area (Å²) in [4.78, 5) is 16.4. The molecule has 2 spiro atoms. The number of likely N-dealkylation sites (tertiary alicyclic amines) is 2. The van der Waals surface area contributed by atoms with Crippen molar-refractivity contribution in [2.24, 2.45) is 0 Å². The van der Waals surface area contributed by atoms with Gasteiger partial charge in [0.1, 0.15) is 51.3 Å². The third-order valence-corrected chi connectivity index (χ3v) is 9.71. The summed E-state index contributed by atoms with van der Waals surface area (Å²) in [7, 11) is 0. The number of fused-ring (bicyclic) bond motifs is 2. The van der Waals surface area contributed by atoms with E-state index in [9.17, 15) is 13.6 Å². The van der Waals surface area contributed by atoms with Crippen LogP contribution in [0.3, 0.4) is 0 Å². The third-order valence-electron chi connectivity index (χ3n) is 9.71. The number of rotatable bonds is 2. The molecule has 50 heavy (non-hydrogen) atoms. The van der Waals surface area contributed by atoms with Crippen LogP contribution < -0.4 is 20.1 Å². The number of benzene rings is 3. The van der Waals surface area contributed by atoms with E-state index >= 15 is 0 Å². The van der Waals surface area contributed by atoms with Gasteiger partial charge in [-0.25, -0.2) is 13.6 Å². The third kappa shape index (κ3) is 9.38. The lowest BCUT2D eigenvalue weighted by Gasteiger charge is -2.41. The second kappa shape index (κ2) is 16.3. The largest absolute Gasteiger partial charge is 0.485 e. The quantitative estimate of drug-likeness (QED) is 0.278. The van der Waals surface area contributed by atoms with Crippen LogP contribution in [0.4, 0.5) is 25.0 Å². The number of nitrogens with zero attached hydrogens (tertiary/aromatic N) is 2. The summed E-state index contributed by atoms with van der Waals surface area (Å²) in [5.74, 6) is 0.684. The Bertz CT molecular complexity index is 1550. The van der Waals surface area contributed by atoms with Gasteiger partial charge in [0.15, 0.2) is 0 Å². The van der Waals surface area contributed by atoms with Gasteiger partial charge in [-0.1, -0.05) is 56.3 Å². The molecule has 0 atom stereocenters. The molecule has 3 aromatic rings. The van der Waals surface area contributed by atoms with Crippen LogP contribution in [0.1, 0.15) is 78.7 Å². The molecule has 0 radical (unpaired) electrons. The highest BCUT2D eigenvalue weighted by molar-refractivity contribution is 5.68. The van der Waals surface area contributed by atoms with Crippen molar-refractivity contribution in [2.75, 3.05) is 49.9 Å². The molecule has 2 N–H and O–H groups in total. The van der Waals surface area contributed by atoms with Crippen LogP contribution in [0.5, 0.6) is 11.5 Å². The van der Waals surface area contributed by atoms with Crippen molar-refractivity contribution >= 4 is 17.5 Å². The molecule has 0 aliphatic carbocycles. The van der Waals surface area contributed by atoms with E-state index in [0.29, 0.717) is 55.3 Å². The number of hydrogen-bond donors (Lipinski definition) is 2. The van der Waals surface area contributed by atoms with Gasteiger partial charge in [0.05, 0.1) is 0 Å². The Morgan fingerprint density at radius 2 is 1.20 bits per heavy atom. The maximum absolute atomic E-state index is 14.0. The van der Waals surface area contributed by atoms with E-state index < -0.39 is 5.60 Å². The van der Waals surface area contributed by atoms with Gasteiger partial charge in [0.25, 0.3) is 0 Å². The van der Waals surface area contributed by atoms with E-state index in [1.165, 1.54) is 17.7 Å². The Hall–Kier alpha value is -4.05. The number of nitrogens with one attached hydrogen (secondary N) is 2. The van der Waals surface area contributed by atoms with Gasteiger partial charge in [0, 0.05) is 71.5 Å². The zero-order valence-electron chi connectivity index (χ0n) is 30.3. The van der Waals surface area contributed by atoms with Crippen molar-refractivity contribution in [3.05, 3.63) is 83.9 Å². The van der Waals surface area contributed by atoms with E-state index in [-0.39, 0.29) is 28.9 Å². The Kier molecular flexibility index (Phi) is 12.1. The molecule has 4 heterocycles. The first-order chi connectivity index (χ1) is 24.0. The Balaban J connectivity index is 0.000000185. The topological polar surface area (TPSA) is 75.3 Å². The predicted octanol–water partition coefficient (Wildman–Crippen LogP) is 8.87. The number of amides is 1. The van der Waals surface area contributed by atoms with Crippen molar-refractivity contribution in [1.29, 1.82) is 0 Å². The molecule has 0 saturated carbocycles. The average molecular weight is 693 g/mol. The van der Waals surface area contributed by atoms with Crippen LogP contribution in [-0.4, -0.2) is 72.0 Å². The number of hydrogen-bond acceptors (Lipinski definition) is 7. The average Bonchev–Trinajstić information content (AvgIpc) is 3.40. The van der Waals surface area contributed by atoms with Gasteiger partial charge in [-0.2, -0.15) is 0 Å². The summed E-state index contributed by atoms with van der Waals surface area (Å²) in [5, 5.41) is 6.33. The standard InChI is InChI=1S/C20H23FN2O.C18H25FN2O3.C2H6/c21-17-7-4-8-18-19(17)22-12-9-20(24-18)10-13-23(14-11-20)15-16-5-2-1-3-6-16;1-17(2,3)24-16(22)21-11-8-18(9-12-21)7-10-20-15-13(19)5-4-6-14(15)23-18;1-2/h1-8,22H,9-15H2;4-6,20H,7-12H2,1-3H3;1-2H3. The van der Waals surface area contributed by atoms with Crippen LogP contribution in [0.25, 0.3) is 0 Å². The summed E-state index contributed by atoms with van der Waals surface area (Å²) < 4.78 is 45.9. The summed E-state index contributed by atoms with van der Waals surface area (Å²) in [6, 6.07) is 20.5. The zero-order valence-corrected chi connectivity index (χ0v) is 30.3. The van der Waals surface area contributed by atoms with Gasteiger partial charge in [-0.15, -0.1) is 0 Å². The summed E-state index contributed by atoms with van der Waals surface area (Å²) in [6.07, 6.45) is 4.81. The van der Waals surface area contributed by atoms with E-state index in [4.69, 9.17) is 14.2 Å². The number of para-hydroxylation sites is 2. The highest BCUT2D eigenvalue weighted by Gasteiger charge is 2.41. The summed E-state index contributed by atoms with van der Waals surface area (Å²) in [6.45, 7) is 15.2. The molecule has 0 aromatic heterocycles. The fourth-order valence-electron chi connectivity index (χ4n) is 7.01. The Morgan fingerprint density at radius 3 is 1.68 bits per heavy atom. The van der Waals surface area contributed by atoms with Crippen LogP contribution in [-0.2, 0) is 11.3 Å². The molecule has 4 aliphatic rings. The van der Waals surface area contributed by atoms with Gasteiger partial charge in [-0.3, -0.25) is 4.90 Å². The number of piperidine rings is 2. The second-order valence-electron chi connectivity index (χ2n) is 14.4.